The highest BCUT2D eigenvalue weighted by Crippen LogP contribution is 2.20. The summed E-state index contributed by atoms with van der Waals surface area (Å²) >= 11 is 0. The zero-order chi connectivity index (χ0) is 19.3. The standard InChI is InChI=1S/C21H22N4O3/c26-20(18-4-1-12-25(18)21(27)19-5-2-13-28-19)22-14-16-6-8-17(9-7-16)15-24-11-3-10-23-24/h2-3,5-11,13,18H,1,4,12,14-15H2,(H,22,26)/t18-/m0/s1. The zero-order valence-electron chi connectivity index (χ0n) is 15.5. The zero-order valence-corrected chi connectivity index (χ0v) is 15.5. The number of carbonyl (C=O) groups is 2. The van der Waals surface area contributed by atoms with E-state index in [-0.39, 0.29) is 17.6 Å². The molecule has 144 valence electrons. The number of hydrogen-bond donors (Lipinski definition) is 1. The van der Waals surface area contributed by atoms with Crippen LogP contribution in [0.2, 0.25) is 0 Å². The summed E-state index contributed by atoms with van der Waals surface area (Å²) < 4.78 is 7.05. The van der Waals surface area contributed by atoms with Gasteiger partial charge in [0.25, 0.3) is 5.91 Å². The third kappa shape index (κ3) is 3.98. The molecule has 3 aromatic rings. The van der Waals surface area contributed by atoms with Crippen molar-refractivity contribution < 1.29 is 14.0 Å². The van der Waals surface area contributed by atoms with E-state index in [0.29, 0.717) is 26.1 Å². The number of aromatic nitrogens is 2. The lowest BCUT2D eigenvalue weighted by molar-refractivity contribution is -0.125. The summed E-state index contributed by atoms with van der Waals surface area (Å²) in [5.41, 5.74) is 2.16. The second kappa shape index (κ2) is 8.12. The van der Waals surface area contributed by atoms with Gasteiger partial charge in [-0.05, 0) is 42.2 Å². The average Bonchev–Trinajstić information content (AvgIpc) is 3.49. The Hall–Kier alpha value is -3.35. The molecule has 28 heavy (non-hydrogen) atoms. The van der Waals surface area contributed by atoms with Crippen LogP contribution in [0.1, 0.15) is 34.5 Å². The third-order valence-corrected chi connectivity index (χ3v) is 4.94. The molecular formula is C21H22N4O3. The van der Waals surface area contributed by atoms with E-state index in [9.17, 15) is 9.59 Å². The summed E-state index contributed by atoms with van der Waals surface area (Å²) in [6.07, 6.45) is 6.63. The van der Waals surface area contributed by atoms with Gasteiger partial charge in [0.2, 0.25) is 5.91 Å². The van der Waals surface area contributed by atoms with Gasteiger partial charge in [-0.1, -0.05) is 24.3 Å². The van der Waals surface area contributed by atoms with Crippen LogP contribution in [0.5, 0.6) is 0 Å². The second-order valence-corrected chi connectivity index (χ2v) is 6.87. The van der Waals surface area contributed by atoms with Crippen molar-refractivity contribution in [3.8, 4) is 0 Å². The molecule has 7 heteroatoms. The first-order chi connectivity index (χ1) is 13.7. The molecule has 1 aromatic carbocycles. The summed E-state index contributed by atoms with van der Waals surface area (Å²) in [6, 6.07) is 12.8. The maximum Gasteiger partial charge on any atom is 0.290 e. The van der Waals surface area contributed by atoms with Crippen molar-refractivity contribution >= 4 is 11.8 Å². The number of rotatable bonds is 6. The number of carbonyl (C=O) groups excluding carboxylic acids is 2. The number of nitrogens with one attached hydrogen (secondary N) is 1. The lowest BCUT2D eigenvalue weighted by atomic mass is 10.1. The van der Waals surface area contributed by atoms with Gasteiger partial charge in [0, 0.05) is 25.5 Å². The molecule has 1 fully saturated rings. The predicted molar refractivity (Wildman–Crippen MR) is 102 cm³/mol. The third-order valence-electron chi connectivity index (χ3n) is 4.94. The summed E-state index contributed by atoms with van der Waals surface area (Å²) in [7, 11) is 0. The van der Waals surface area contributed by atoms with Crippen molar-refractivity contribution in [1.29, 1.82) is 0 Å². The van der Waals surface area contributed by atoms with E-state index in [1.165, 1.54) is 6.26 Å². The molecule has 1 N–H and O–H groups in total. The van der Waals surface area contributed by atoms with Crippen molar-refractivity contribution in [3.05, 3.63) is 78.0 Å². The normalized spacial score (nSPS) is 16.3. The minimum Gasteiger partial charge on any atom is -0.459 e. The fourth-order valence-electron chi connectivity index (χ4n) is 3.47. The number of hydrogen-bond acceptors (Lipinski definition) is 4. The number of benzene rings is 1. The molecular weight excluding hydrogens is 356 g/mol. The van der Waals surface area contributed by atoms with Gasteiger partial charge in [-0.3, -0.25) is 14.3 Å². The van der Waals surface area contributed by atoms with Crippen LogP contribution in [-0.4, -0.2) is 39.1 Å². The first-order valence-electron chi connectivity index (χ1n) is 9.38. The highest BCUT2D eigenvalue weighted by molar-refractivity contribution is 5.95. The van der Waals surface area contributed by atoms with Gasteiger partial charge in [-0.2, -0.15) is 5.10 Å². The smallest absolute Gasteiger partial charge is 0.290 e. The lowest BCUT2D eigenvalue weighted by Gasteiger charge is -2.23. The minimum atomic E-state index is -0.448. The average molecular weight is 378 g/mol. The van der Waals surface area contributed by atoms with E-state index in [1.807, 2.05) is 41.2 Å². The van der Waals surface area contributed by atoms with E-state index in [0.717, 1.165) is 17.5 Å². The molecule has 4 rings (SSSR count). The van der Waals surface area contributed by atoms with Crippen molar-refractivity contribution in [2.24, 2.45) is 0 Å². The highest BCUT2D eigenvalue weighted by Gasteiger charge is 2.35. The van der Waals surface area contributed by atoms with Gasteiger partial charge in [0.05, 0.1) is 12.8 Å². The SMILES string of the molecule is O=C(NCc1ccc(Cn2cccn2)cc1)[C@@H]1CCCN1C(=O)c1ccco1. The van der Waals surface area contributed by atoms with Crippen LogP contribution in [0.4, 0.5) is 0 Å². The van der Waals surface area contributed by atoms with E-state index < -0.39 is 6.04 Å². The number of amides is 2. The van der Waals surface area contributed by atoms with E-state index in [4.69, 9.17) is 4.42 Å². The summed E-state index contributed by atoms with van der Waals surface area (Å²) in [6.45, 7) is 1.71. The Morgan fingerprint density at radius 2 is 1.96 bits per heavy atom. The van der Waals surface area contributed by atoms with Gasteiger partial charge in [0.15, 0.2) is 5.76 Å². The molecule has 2 aromatic heterocycles. The molecule has 1 saturated heterocycles. The quantitative estimate of drug-likeness (QED) is 0.714. The predicted octanol–water partition coefficient (Wildman–Crippen LogP) is 2.45. The molecule has 1 aliphatic heterocycles. The highest BCUT2D eigenvalue weighted by atomic mass is 16.3. The Labute approximate surface area is 162 Å². The molecule has 2 amide bonds. The monoisotopic (exact) mass is 378 g/mol. The van der Waals surface area contributed by atoms with E-state index in [2.05, 4.69) is 10.4 Å². The van der Waals surface area contributed by atoms with Crippen molar-refractivity contribution in [3.63, 3.8) is 0 Å². The van der Waals surface area contributed by atoms with Crippen LogP contribution in [0.25, 0.3) is 0 Å². The topological polar surface area (TPSA) is 80.4 Å². The summed E-state index contributed by atoms with van der Waals surface area (Å²) in [4.78, 5) is 26.7. The molecule has 1 aliphatic rings. The van der Waals surface area contributed by atoms with Crippen molar-refractivity contribution in [2.45, 2.75) is 32.0 Å². The lowest BCUT2D eigenvalue weighted by Crippen LogP contribution is -2.45. The fourth-order valence-corrected chi connectivity index (χ4v) is 3.47. The van der Waals surface area contributed by atoms with Crippen molar-refractivity contribution in [1.82, 2.24) is 20.0 Å². The fraction of sp³-hybridized carbons (Fsp3) is 0.286. The Morgan fingerprint density at radius 1 is 1.14 bits per heavy atom. The van der Waals surface area contributed by atoms with Gasteiger partial charge < -0.3 is 14.6 Å². The van der Waals surface area contributed by atoms with Crippen LogP contribution < -0.4 is 5.32 Å². The Bertz CT molecular complexity index is 917. The molecule has 0 unspecified atom stereocenters. The largest absolute Gasteiger partial charge is 0.459 e. The molecule has 0 radical (unpaired) electrons. The Balaban J connectivity index is 1.32. The summed E-state index contributed by atoms with van der Waals surface area (Å²) in [5.74, 6) is -0.0869. The Morgan fingerprint density at radius 3 is 2.68 bits per heavy atom. The van der Waals surface area contributed by atoms with Gasteiger partial charge in [0.1, 0.15) is 6.04 Å². The molecule has 0 spiro atoms. The molecule has 0 bridgehead atoms. The molecule has 7 nitrogen and oxygen atoms in total. The molecule has 3 heterocycles. The second-order valence-electron chi connectivity index (χ2n) is 6.87. The Kier molecular flexibility index (Phi) is 5.23. The van der Waals surface area contributed by atoms with Crippen molar-refractivity contribution in [2.75, 3.05) is 6.54 Å². The first-order valence-corrected chi connectivity index (χ1v) is 9.38. The van der Waals surface area contributed by atoms with Crippen LogP contribution in [0.3, 0.4) is 0 Å². The van der Waals surface area contributed by atoms with Gasteiger partial charge in [-0.15, -0.1) is 0 Å². The van der Waals surface area contributed by atoms with Gasteiger partial charge >= 0.3 is 0 Å². The minimum absolute atomic E-state index is 0.127. The number of furan rings is 1. The number of nitrogens with zero attached hydrogens (tertiary/aromatic N) is 3. The number of likely N-dealkylation sites (tertiary alicyclic amines) is 1. The first kappa shape index (κ1) is 18.0. The van der Waals surface area contributed by atoms with Gasteiger partial charge in [-0.25, -0.2) is 0 Å². The van der Waals surface area contributed by atoms with E-state index in [1.54, 1.807) is 23.2 Å². The maximum absolute atomic E-state index is 12.6. The van der Waals surface area contributed by atoms with Crippen LogP contribution >= 0.6 is 0 Å². The molecule has 0 saturated carbocycles. The van der Waals surface area contributed by atoms with E-state index >= 15 is 0 Å². The molecule has 0 aliphatic carbocycles. The summed E-state index contributed by atoms with van der Waals surface area (Å²) in [5, 5.41) is 7.15. The van der Waals surface area contributed by atoms with Crippen LogP contribution in [-0.2, 0) is 17.9 Å². The van der Waals surface area contributed by atoms with Crippen LogP contribution in [0.15, 0.2) is 65.5 Å². The van der Waals surface area contributed by atoms with Crippen LogP contribution in [0, 0.1) is 0 Å². The maximum atomic E-state index is 12.6. The molecule has 1 atom stereocenters.